The van der Waals surface area contributed by atoms with E-state index in [1.807, 2.05) is 4.90 Å². The first-order valence-corrected chi connectivity index (χ1v) is 5.68. The summed E-state index contributed by atoms with van der Waals surface area (Å²) in [5.74, 6) is 0.618. The van der Waals surface area contributed by atoms with Gasteiger partial charge in [0.05, 0.1) is 6.61 Å². The van der Waals surface area contributed by atoms with Crippen molar-refractivity contribution >= 4 is 5.91 Å². The first-order chi connectivity index (χ1) is 7.09. The minimum Gasteiger partial charge on any atom is -0.370 e. The number of rotatable bonds is 5. The van der Waals surface area contributed by atoms with Crippen LogP contribution in [0.2, 0.25) is 0 Å². The van der Waals surface area contributed by atoms with Gasteiger partial charge >= 0.3 is 0 Å². The summed E-state index contributed by atoms with van der Waals surface area (Å²) >= 11 is 0. The van der Waals surface area contributed by atoms with Crippen molar-refractivity contribution in [3.05, 3.63) is 0 Å². The van der Waals surface area contributed by atoms with Gasteiger partial charge in [0.2, 0.25) is 5.91 Å². The number of nitrogens with one attached hydrogen (secondary N) is 1. The highest BCUT2D eigenvalue weighted by molar-refractivity contribution is 5.77. The van der Waals surface area contributed by atoms with Crippen molar-refractivity contribution in [2.75, 3.05) is 32.8 Å². The third kappa shape index (κ3) is 4.62. The van der Waals surface area contributed by atoms with Gasteiger partial charge in [0.15, 0.2) is 0 Å². The molecular weight excluding hydrogens is 192 g/mol. The van der Waals surface area contributed by atoms with Crippen molar-refractivity contribution in [2.24, 2.45) is 5.92 Å². The number of amides is 1. The van der Waals surface area contributed by atoms with Crippen LogP contribution in [-0.2, 0) is 9.53 Å². The second kappa shape index (κ2) is 6.08. The van der Waals surface area contributed by atoms with Gasteiger partial charge in [-0.15, -0.1) is 0 Å². The highest BCUT2D eigenvalue weighted by Gasteiger charge is 2.20. The van der Waals surface area contributed by atoms with Crippen molar-refractivity contribution in [1.82, 2.24) is 10.2 Å². The van der Waals surface area contributed by atoms with Crippen molar-refractivity contribution in [1.29, 1.82) is 0 Å². The zero-order chi connectivity index (χ0) is 11.3. The van der Waals surface area contributed by atoms with Gasteiger partial charge in [0.1, 0.15) is 6.61 Å². The van der Waals surface area contributed by atoms with Crippen molar-refractivity contribution < 1.29 is 9.53 Å². The average Bonchev–Trinajstić information content (AvgIpc) is 2.18. The second-order valence-corrected chi connectivity index (χ2v) is 4.56. The highest BCUT2D eigenvalue weighted by Crippen LogP contribution is 2.04. The molecule has 1 atom stereocenters. The molecule has 0 aromatic carbocycles. The van der Waals surface area contributed by atoms with Crippen LogP contribution in [0, 0.1) is 5.92 Å². The van der Waals surface area contributed by atoms with E-state index < -0.39 is 0 Å². The predicted octanol–water partition coefficient (Wildman–Crippen LogP) is 0.479. The molecule has 15 heavy (non-hydrogen) atoms. The van der Waals surface area contributed by atoms with Crippen LogP contribution in [0.1, 0.15) is 20.8 Å². The molecule has 1 fully saturated rings. The number of morpholine rings is 1. The largest absolute Gasteiger partial charge is 0.370 e. The Bertz CT molecular complexity index is 207. The number of ether oxygens (including phenoxy) is 1. The first-order valence-electron chi connectivity index (χ1n) is 5.68. The van der Waals surface area contributed by atoms with Gasteiger partial charge in [-0.25, -0.2) is 0 Å². The van der Waals surface area contributed by atoms with Crippen molar-refractivity contribution in [3.63, 3.8) is 0 Å². The first kappa shape index (κ1) is 12.5. The fourth-order valence-corrected chi connectivity index (χ4v) is 1.62. The smallest absolute Gasteiger partial charge is 0.248 e. The quantitative estimate of drug-likeness (QED) is 0.724. The molecule has 1 heterocycles. The summed E-state index contributed by atoms with van der Waals surface area (Å²) in [5.41, 5.74) is 0. The molecular formula is C11H22N2O2. The zero-order valence-corrected chi connectivity index (χ0v) is 9.95. The molecule has 0 aliphatic carbocycles. The Kier molecular flexibility index (Phi) is 5.05. The summed E-state index contributed by atoms with van der Waals surface area (Å²) in [4.78, 5) is 13.3. The zero-order valence-electron chi connectivity index (χ0n) is 9.95. The van der Waals surface area contributed by atoms with Crippen molar-refractivity contribution in [3.8, 4) is 0 Å². The van der Waals surface area contributed by atoms with E-state index in [2.05, 4.69) is 26.1 Å². The maximum Gasteiger partial charge on any atom is 0.248 e. The van der Waals surface area contributed by atoms with Crippen LogP contribution in [0.15, 0.2) is 0 Å². The van der Waals surface area contributed by atoms with E-state index in [1.165, 1.54) is 0 Å². The van der Waals surface area contributed by atoms with Crippen LogP contribution in [0.3, 0.4) is 0 Å². The van der Waals surface area contributed by atoms with E-state index in [-0.39, 0.29) is 12.5 Å². The van der Waals surface area contributed by atoms with Crippen LogP contribution < -0.4 is 5.32 Å². The number of nitrogens with zero attached hydrogens (tertiary/aromatic N) is 1. The number of carbonyl (C=O) groups excluding carboxylic acids is 1. The van der Waals surface area contributed by atoms with E-state index in [4.69, 9.17) is 4.74 Å². The second-order valence-electron chi connectivity index (χ2n) is 4.56. The van der Waals surface area contributed by atoms with Gasteiger partial charge in [-0.05, 0) is 12.5 Å². The van der Waals surface area contributed by atoms with E-state index in [1.54, 1.807) is 0 Å². The van der Waals surface area contributed by atoms with Gasteiger partial charge in [-0.1, -0.05) is 20.8 Å². The Morgan fingerprint density at radius 3 is 2.80 bits per heavy atom. The molecule has 0 aromatic rings. The van der Waals surface area contributed by atoms with Crippen LogP contribution in [0.4, 0.5) is 0 Å². The lowest BCUT2D eigenvalue weighted by Crippen LogP contribution is -2.45. The fraction of sp³-hybridized carbons (Fsp3) is 0.909. The molecule has 1 amide bonds. The topological polar surface area (TPSA) is 41.6 Å². The van der Waals surface area contributed by atoms with Gasteiger partial charge in [-0.2, -0.15) is 0 Å². The minimum absolute atomic E-state index is 0.123. The molecule has 0 saturated carbocycles. The lowest BCUT2D eigenvalue weighted by Gasteiger charge is -2.29. The molecule has 1 N–H and O–H groups in total. The lowest BCUT2D eigenvalue weighted by atomic mass is 10.1. The Labute approximate surface area is 92.0 Å². The summed E-state index contributed by atoms with van der Waals surface area (Å²) in [6.45, 7) is 9.90. The lowest BCUT2D eigenvalue weighted by molar-refractivity contribution is -0.143. The molecule has 1 aliphatic heterocycles. The molecule has 1 aliphatic rings. The van der Waals surface area contributed by atoms with Crippen LogP contribution in [-0.4, -0.2) is 49.7 Å². The molecule has 0 bridgehead atoms. The van der Waals surface area contributed by atoms with Crippen LogP contribution in [0.5, 0.6) is 0 Å². The maximum atomic E-state index is 11.4. The maximum absolute atomic E-state index is 11.4. The highest BCUT2D eigenvalue weighted by atomic mass is 16.5. The molecule has 1 rings (SSSR count). The fourth-order valence-electron chi connectivity index (χ4n) is 1.62. The van der Waals surface area contributed by atoms with Crippen molar-refractivity contribution in [2.45, 2.75) is 26.8 Å². The molecule has 1 unspecified atom stereocenters. The Morgan fingerprint density at radius 1 is 1.47 bits per heavy atom. The van der Waals surface area contributed by atoms with Gasteiger partial charge in [0, 0.05) is 19.1 Å². The molecule has 4 nitrogen and oxygen atoms in total. The van der Waals surface area contributed by atoms with E-state index >= 15 is 0 Å². The summed E-state index contributed by atoms with van der Waals surface area (Å²) in [6.07, 6.45) is 0. The third-order valence-electron chi connectivity index (χ3n) is 2.49. The third-order valence-corrected chi connectivity index (χ3v) is 2.49. The van der Waals surface area contributed by atoms with E-state index in [0.29, 0.717) is 18.6 Å². The van der Waals surface area contributed by atoms with Crippen LogP contribution in [0.25, 0.3) is 0 Å². The van der Waals surface area contributed by atoms with E-state index in [0.717, 1.165) is 19.6 Å². The number of carbonyl (C=O) groups is 1. The summed E-state index contributed by atoms with van der Waals surface area (Å²) in [5, 5.41) is 3.38. The summed E-state index contributed by atoms with van der Waals surface area (Å²) < 4.78 is 5.08. The molecule has 0 radical (unpaired) electrons. The molecule has 88 valence electrons. The van der Waals surface area contributed by atoms with Gasteiger partial charge in [-0.3, -0.25) is 4.79 Å². The van der Waals surface area contributed by atoms with Gasteiger partial charge < -0.3 is 15.0 Å². The molecule has 0 aromatic heterocycles. The molecule has 1 saturated heterocycles. The predicted molar refractivity (Wildman–Crippen MR) is 59.7 cm³/mol. The molecule has 4 heteroatoms. The summed E-state index contributed by atoms with van der Waals surface area (Å²) in [7, 11) is 0. The standard InChI is InChI=1S/C11H22N2O2/c1-9(2)12-6-10(3)7-13-4-5-15-8-11(13)14/h9-10,12H,4-8H2,1-3H3. The average molecular weight is 214 g/mol. The molecule has 0 spiro atoms. The minimum atomic E-state index is 0.123. The number of hydrogen-bond acceptors (Lipinski definition) is 3. The SMILES string of the molecule is CC(CNC(C)C)CN1CCOCC1=O. The monoisotopic (exact) mass is 214 g/mol. The Morgan fingerprint density at radius 2 is 2.20 bits per heavy atom. The number of hydrogen-bond donors (Lipinski definition) is 1. The summed E-state index contributed by atoms with van der Waals surface area (Å²) in [6, 6.07) is 0.507. The Hall–Kier alpha value is -0.610. The normalized spacial score (nSPS) is 19.7. The van der Waals surface area contributed by atoms with Gasteiger partial charge in [0.25, 0.3) is 0 Å². The Balaban J connectivity index is 2.23. The van der Waals surface area contributed by atoms with E-state index in [9.17, 15) is 4.79 Å². The van der Waals surface area contributed by atoms with Crippen LogP contribution >= 0.6 is 0 Å².